The second kappa shape index (κ2) is 6.83. The molecule has 0 fully saturated rings. The number of hydrogen-bond donors (Lipinski definition) is 2. The molecule has 0 saturated carbocycles. The van der Waals surface area contributed by atoms with Gasteiger partial charge in [-0.1, -0.05) is 0 Å². The molecule has 3 N–H and O–H groups in total. The van der Waals surface area contributed by atoms with Crippen molar-refractivity contribution in [1.29, 1.82) is 15.8 Å². The summed E-state index contributed by atoms with van der Waals surface area (Å²) >= 11 is 1.08. The van der Waals surface area contributed by atoms with Gasteiger partial charge < -0.3 is 5.73 Å². The second-order valence-electron chi connectivity index (χ2n) is 4.17. The minimum absolute atomic E-state index is 0.120. The van der Waals surface area contributed by atoms with Crippen molar-refractivity contribution in [1.82, 2.24) is 4.37 Å². The van der Waals surface area contributed by atoms with Gasteiger partial charge in [0.15, 0.2) is 17.1 Å². The monoisotopic (exact) mass is 338 g/mol. The van der Waals surface area contributed by atoms with Gasteiger partial charge in [0.25, 0.3) is 5.69 Å². The van der Waals surface area contributed by atoms with Gasteiger partial charge in [-0.25, -0.2) is 0 Å². The van der Waals surface area contributed by atoms with E-state index in [9.17, 15) is 10.1 Å². The lowest BCUT2D eigenvalue weighted by atomic mass is 10.2. The third-order valence-corrected chi connectivity index (χ3v) is 3.62. The number of nitrogens with one attached hydrogen (secondary N) is 1. The van der Waals surface area contributed by atoms with Crippen LogP contribution in [0.4, 0.5) is 11.5 Å². The van der Waals surface area contributed by atoms with E-state index >= 15 is 0 Å². The van der Waals surface area contributed by atoms with E-state index in [1.54, 1.807) is 24.3 Å². The molecule has 0 atom stereocenters. The van der Waals surface area contributed by atoms with Gasteiger partial charge in [0, 0.05) is 17.5 Å². The SMILES string of the molecule is N#CC(=NNc1nsc2ccc([N+](=O)[O-])cc12)C(N)=C(C#N)C#N. The Morgan fingerprint density at radius 3 is 2.62 bits per heavy atom. The van der Waals surface area contributed by atoms with Gasteiger partial charge in [0.1, 0.15) is 18.2 Å². The molecule has 0 amide bonds. The number of non-ortho nitro benzene ring substituents is 1. The average Bonchev–Trinajstić information content (AvgIpc) is 2.99. The number of nitro benzene ring substituents is 1. The van der Waals surface area contributed by atoms with E-state index in [2.05, 4.69) is 14.9 Å². The molecule has 1 heterocycles. The maximum absolute atomic E-state index is 10.8. The Hall–Kier alpha value is -4.01. The smallest absolute Gasteiger partial charge is 0.270 e. The number of fused-ring (bicyclic) bond motifs is 1. The first-order valence-electron chi connectivity index (χ1n) is 6.09. The summed E-state index contributed by atoms with van der Waals surface area (Å²) in [4.78, 5) is 10.3. The predicted octanol–water partition coefficient (Wildman–Crippen LogP) is 1.76. The molecule has 0 aliphatic heterocycles. The van der Waals surface area contributed by atoms with E-state index in [0.29, 0.717) is 10.1 Å². The molecule has 10 nitrogen and oxygen atoms in total. The van der Waals surface area contributed by atoms with Crippen LogP contribution in [0.25, 0.3) is 10.1 Å². The van der Waals surface area contributed by atoms with E-state index < -0.39 is 10.5 Å². The zero-order valence-electron chi connectivity index (χ0n) is 11.7. The van der Waals surface area contributed by atoms with Crippen LogP contribution < -0.4 is 11.2 Å². The van der Waals surface area contributed by atoms with E-state index in [-0.39, 0.29) is 22.9 Å². The Bertz CT molecular complexity index is 999. The topological polar surface area (TPSA) is 178 Å². The molecule has 0 saturated heterocycles. The van der Waals surface area contributed by atoms with Gasteiger partial charge in [-0.2, -0.15) is 25.3 Å². The Morgan fingerprint density at radius 2 is 2.04 bits per heavy atom. The summed E-state index contributed by atoms with van der Waals surface area (Å²) in [6.45, 7) is 0. The van der Waals surface area contributed by atoms with Crippen molar-refractivity contribution < 1.29 is 4.92 Å². The van der Waals surface area contributed by atoms with E-state index in [1.165, 1.54) is 12.1 Å². The van der Waals surface area contributed by atoms with Crippen molar-refractivity contribution in [2.24, 2.45) is 10.8 Å². The first-order valence-corrected chi connectivity index (χ1v) is 6.87. The summed E-state index contributed by atoms with van der Waals surface area (Å²) in [5, 5.41) is 41.5. The quantitative estimate of drug-likeness (QED) is 0.366. The number of aromatic nitrogens is 1. The molecule has 0 aliphatic carbocycles. The summed E-state index contributed by atoms with van der Waals surface area (Å²) in [5.74, 6) is 0.190. The number of nitriles is 3. The summed E-state index contributed by atoms with van der Waals surface area (Å²) in [6, 6.07) is 8.98. The van der Waals surface area contributed by atoms with Crippen molar-refractivity contribution in [3.63, 3.8) is 0 Å². The standard InChI is InChI=1S/C13H6N8O2S/c14-4-7(5-15)12(17)10(6-16)18-19-13-9-3-8(21(22)23)1-2-11(9)24-20-13/h1-3H,17H2,(H,19,20). The Labute approximate surface area is 138 Å². The molecule has 24 heavy (non-hydrogen) atoms. The maximum atomic E-state index is 10.8. The maximum Gasteiger partial charge on any atom is 0.270 e. The summed E-state index contributed by atoms with van der Waals surface area (Å²) in [5.41, 5.74) is 6.70. The van der Waals surface area contributed by atoms with Crippen LogP contribution in [0.5, 0.6) is 0 Å². The average molecular weight is 338 g/mol. The van der Waals surface area contributed by atoms with Crippen LogP contribution in [0.15, 0.2) is 34.6 Å². The van der Waals surface area contributed by atoms with Crippen molar-refractivity contribution in [2.45, 2.75) is 0 Å². The molecular weight excluding hydrogens is 332 g/mol. The highest BCUT2D eigenvalue weighted by molar-refractivity contribution is 7.13. The summed E-state index contributed by atoms with van der Waals surface area (Å²) < 4.78 is 4.73. The van der Waals surface area contributed by atoms with Crippen LogP contribution >= 0.6 is 11.5 Å². The van der Waals surface area contributed by atoms with Crippen molar-refractivity contribution in [2.75, 3.05) is 5.43 Å². The van der Waals surface area contributed by atoms with E-state index in [1.807, 2.05) is 0 Å². The number of rotatable bonds is 4. The molecule has 0 unspecified atom stereocenters. The lowest BCUT2D eigenvalue weighted by Gasteiger charge is -2.00. The molecule has 0 bridgehead atoms. The number of hydrogen-bond acceptors (Lipinski definition) is 10. The number of nitrogens with two attached hydrogens (primary N) is 1. The fourth-order valence-corrected chi connectivity index (χ4v) is 2.35. The molecule has 11 heteroatoms. The zero-order chi connectivity index (χ0) is 17.7. The van der Waals surface area contributed by atoms with Crippen LogP contribution in [-0.4, -0.2) is 15.0 Å². The Balaban J connectivity index is 2.43. The van der Waals surface area contributed by atoms with Crippen LogP contribution in [0.3, 0.4) is 0 Å². The van der Waals surface area contributed by atoms with Crippen molar-refractivity contribution in [3.8, 4) is 18.2 Å². The Kier molecular flexibility index (Phi) is 4.66. The molecule has 2 aromatic rings. The molecule has 0 spiro atoms. The van der Waals surface area contributed by atoms with Crippen LogP contribution in [0.2, 0.25) is 0 Å². The summed E-state index contributed by atoms with van der Waals surface area (Å²) in [7, 11) is 0. The molecular formula is C13H6N8O2S. The minimum Gasteiger partial charge on any atom is -0.395 e. The highest BCUT2D eigenvalue weighted by atomic mass is 32.1. The molecule has 0 aliphatic rings. The fraction of sp³-hybridized carbons (Fsp3) is 0. The molecule has 116 valence electrons. The summed E-state index contributed by atoms with van der Waals surface area (Å²) in [6.07, 6.45) is 0. The number of benzene rings is 1. The molecule has 2 rings (SSSR count). The lowest BCUT2D eigenvalue weighted by molar-refractivity contribution is -0.384. The van der Waals surface area contributed by atoms with E-state index in [0.717, 1.165) is 11.5 Å². The first kappa shape index (κ1) is 16.4. The normalized spacial score (nSPS) is 10.3. The number of anilines is 1. The molecule has 1 aromatic carbocycles. The molecule has 1 aromatic heterocycles. The van der Waals surface area contributed by atoms with Gasteiger partial charge in [0.2, 0.25) is 0 Å². The number of nitro groups is 1. The number of nitrogens with zero attached hydrogens (tertiary/aromatic N) is 6. The fourth-order valence-electron chi connectivity index (χ4n) is 1.64. The third-order valence-electron chi connectivity index (χ3n) is 2.79. The number of hydrazone groups is 1. The van der Waals surface area contributed by atoms with Gasteiger partial charge in [-0.3, -0.25) is 15.5 Å². The highest BCUT2D eigenvalue weighted by Crippen LogP contribution is 2.30. The largest absolute Gasteiger partial charge is 0.395 e. The number of allylic oxidation sites excluding steroid dienone is 2. The minimum atomic E-state index is -0.544. The van der Waals surface area contributed by atoms with Crippen molar-refractivity contribution in [3.05, 3.63) is 39.6 Å². The van der Waals surface area contributed by atoms with Crippen LogP contribution in [0, 0.1) is 44.1 Å². The lowest BCUT2D eigenvalue weighted by Crippen LogP contribution is -2.14. The highest BCUT2D eigenvalue weighted by Gasteiger charge is 2.13. The van der Waals surface area contributed by atoms with Crippen LogP contribution in [0.1, 0.15) is 0 Å². The Morgan fingerprint density at radius 1 is 1.33 bits per heavy atom. The van der Waals surface area contributed by atoms with Gasteiger partial charge >= 0.3 is 0 Å². The predicted molar refractivity (Wildman–Crippen MR) is 85.4 cm³/mol. The van der Waals surface area contributed by atoms with E-state index in [4.69, 9.17) is 21.5 Å². The second-order valence-corrected chi connectivity index (χ2v) is 4.97. The molecule has 0 radical (unpaired) electrons. The van der Waals surface area contributed by atoms with Gasteiger partial charge in [-0.05, 0) is 17.6 Å². The zero-order valence-corrected chi connectivity index (χ0v) is 12.5. The van der Waals surface area contributed by atoms with Crippen LogP contribution in [-0.2, 0) is 0 Å². The first-order chi connectivity index (χ1) is 11.5. The van der Waals surface area contributed by atoms with Gasteiger partial charge in [0.05, 0.1) is 15.3 Å². The third kappa shape index (κ3) is 3.09. The van der Waals surface area contributed by atoms with Crippen molar-refractivity contribution >= 4 is 38.8 Å². The van der Waals surface area contributed by atoms with Gasteiger partial charge in [-0.15, -0.1) is 0 Å².